The topological polar surface area (TPSA) is 76.1 Å². The molecule has 1 atom stereocenters. The van der Waals surface area contributed by atoms with Crippen LogP contribution in [0, 0.1) is 6.92 Å². The van der Waals surface area contributed by atoms with Crippen LogP contribution in [0.4, 0.5) is 18.9 Å². The van der Waals surface area contributed by atoms with Gasteiger partial charge in [0.15, 0.2) is 6.61 Å². The van der Waals surface area contributed by atoms with Gasteiger partial charge in [-0.15, -0.1) is 0 Å². The van der Waals surface area contributed by atoms with E-state index in [1.165, 1.54) is 17.0 Å². The number of hydrogen-bond donors (Lipinski definition) is 1. The van der Waals surface area contributed by atoms with Gasteiger partial charge < -0.3 is 19.5 Å². The number of carbonyl (C=O) groups excluding carboxylic acids is 1. The molecule has 10 heteroatoms. The average Bonchev–Trinajstić information content (AvgIpc) is 3.15. The molecule has 0 aromatic heterocycles. The number of nitrogens with zero attached hydrogens (tertiary/aromatic N) is 1. The first-order valence-corrected chi connectivity index (χ1v) is 11.5. The van der Waals surface area contributed by atoms with Crippen molar-refractivity contribution in [2.45, 2.75) is 32.0 Å². The molecule has 0 spiro atoms. The van der Waals surface area contributed by atoms with Gasteiger partial charge in [-0.05, 0) is 31.0 Å². The zero-order chi connectivity index (χ0) is 26.2. The van der Waals surface area contributed by atoms with E-state index >= 15 is 0 Å². The monoisotopic (exact) mass is 520 g/mol. The summed E-state index contributed by atoms with van der Waals surface area (Å²) in [6.07, 6.45) is -4.48. The van der Waals surface area contributed by atoms with E-state index in [0.29, 0.717) is 16.3 Å². The summed E-state index contributed by atoms with van der Waals surface area (Å²) in [5, 5.41) is 10.4. The van der Waals surface area contributed by atoms with Crippen LogP contribution < -0.4 is 14.4 Å². The molecule has 189 valence electrons. The van der Waals surface area contributed by atoms with Crippen LogP contribution in [0.5, 0.6) is 11.5 Å². The Morgan fingerprint density at radius 3 is 2.39 bits per heavy atom. The minimum atomic E-state index is -4.58. The van der Waals surface area contributed by atoms with Crippen LogP contribution in [0.3, 0.4) is 0 Å². The molecule has 1 unspecified atom stereocenters. The maximum atomic E-state index is 13.6. The van der Waals surface area contributed by atoms with Gasteiger partial charge in [0.25, 0.3) is 5.91 Å². The van der Waals surface area contributed by atoms with Gasteiger partial charge in [0.05, 0.1) is 35.3 Å². The molecule has 3 aromatic rings. The summed E-state index contributed by atoms with van der Waals surface area (Å²) in [7, 11) is 0. The lowest BCUT2D eigenvalue weighted by Gasteiger charge is -2.19. The summed E-state index contributed by atoms with van der Waals surface area (Å²) in [6.45, 7) is 3.99. The van der Waals surface area contributed by atoms with Crippen molar-refractivity contribution < 1.29 is 37.3 Å². The van der Waals surface area contributed by atoms with Gasteiger partial charge in [0.1, 0.15) is 11.5 Å². The summed E-state index contributed by atoms with van der Waals surface area (Å²) in [4.78, 5) is 26.5. The Hall–Kier alpha value is -3.46. The minimum Gasteiger partial charge on any atom is -0.492 e. The van der Waals surface area contributed by atoms with Crippen molar-refractivity contribution in [3.63, 3.8) is 0 Å². The molecule has 36 heavy (non-hydrogen) atoms. The summed E-state index contributed by atoms with van der Waals surface area (Å²) < 4.78 is 50.2. The van der Waals surface area contributed by atoms with Crippen LogP contribution in [-0.4, -0.2) is 36.4 Å². The number of fused-ring (bicyclic) bond motifs is 2. The number of hydrogen-bond acceptors (Lipinski definition) is 4. The number of carboxylic acid groups (broad SMARTS) is 1. The third-order valence-corrected chi connectivity index (χ3v) is 6.22. The SMILES string of the molecule is [CH2]CC(C(=O)O)c1ccc(N2Cc3c(c(OCC)c4ccccc4c3OCC(F)(F)F)C2=O)c(Cl)c1. The van der Waals surface area contributed by atoms with Crippen LogP contribution in [0.15, 0.2) is 42.5 Å². The second-order valence-corrected chi connectivity index (χ2v) is 8.58. The minimum absolute atomic E-state index is 0.0482. The van der Waals surface area contributed by atoms with Crippen LogP contribution in [0.1, 0.15) is 40.7 Å². The van der Waals surface area contributed by atoms with E-state index in [1.807, 2.05) is 0 Å². The number of anilines is 1. The molecule has 0 fully saturated rings. The maximum Gasteiger partial charge on any atom is 0.422 e. The predicted molar refractivity (Wildman–Crippen MR) is 129 cm³/mol. The second-order valence-electron chi connectivity index (χ2n) is 8.18. The van der Waals surface area contributed by atoms with E-state index in [9.17, 15) is 27.9 Å². The zero-order valence-electron chi connectivity index (χ0n) is 19.2. The van der Waals surface area contributed by atoms with Gasteiger partial charge in [-0.1, -0.05) is 48.9 Å². The van der Waals surface area contributed by atoms with Crippen LogP contribution in [0.2, 0.25) is 5.02 Å². The fourth-order valence-electron chi connectivity index (χ4n) is 4.37. The molecule has 1 heterocycles. The van der Waals surface area contributed by atoms with E-state index in [-0.39, 0.29) is 52.9 Å². The van der Waals surface area contributed by atoms with Crippen molar-refractivity contribution in [2.75, 3.05) is 18.1 Å². The normalized spacial score (nSPS) is 14.2. The van der Waals surface area contributed by atoms with Crippen molar-refractivity contribution in [2.24, 2.45) is 0 Å². The van der Waals surface area contributed by atoms with Gasteiger partial charge in [-0.2, -0.15) is 13.2 Å². The molecule has 0 bridgehead atoms. The molecular weight excluding hydrogens is 499 g/mol. The molecular formula is C26H22ClF3NO5. The van der Waals surface area contributed by atoms with Crippen LogP contribution >= 0.6 is 11.6 Å². The Morgan fingerprint density at radius 1 is 1.17 bits per heavy atom. The number of ether oxygens (including phenoxy) is 2. The van der Waals surface area contributed by atoms with Crippen molar-refractivity contribution in [1.29, 1.82) is 0 Å². The van der Waals surface area contributed by atoms with Gasteiger partial charge >= 0.3 is 12.1 Å². The second kappa shape index (κ2) is 9.89. The van der Waals surface area contributed by atoms with E-state index in [4.69, 9.17) is 21.1 Å². The lowest BCUT2D eigenvalue weighted by atomic mass is 9.96. The quantitative estimate of drug-likeness (QED) is 0.373. The molecule has 1 N–H and O–H groups in total. The fourth-order valence-corrected chi connectivity index (χ4v) is 4.66. The Morgan fingerprint density at radius 2 is 1.83 bits per heavy atom. The first kappa shape index (κ1) is 25.6. The van der Waals surface area contributed by atoms with Gasteiger partial charge in [0.2, 0.25) is 0 Å². The molecule has 0 saturated heterocycles. The van der Waals surface area contributed by atoms with Gasteiger partial charge in [0, 0.05) is 16.3 Å². The lowest BCUT2D eigenvalue weighted by Crippen LogP contribution is -2.24. The highest BCUT2D eigenvalue weighted by Gasteiger charge is 2.39. The van der Waals surface area contributed by atoms with Crippen molar-refractivity contribution in [1.82, 2.24) is 0 Å². The Bertz CT molecular complexity index is 1340. The molecule has 3 aromatic carbocycles. The Kier molecular flexibility index (Phi) is 7.04. The summed E-state index contributed by atoms with van der Waals surface area (Å²) in [5.41, 5.74) is 1.06. The lowest BCUT2D eigenvalue weighted by molar-refractivity contribution is -0.153. The van der Waals surface area contributed by atoms with Gasteiger partial charge in [-0.25, -0.2) is 0 Å². The highest BCUT2D eigenvalue weighted by Crippen LogP contribution is 2.47. The molecule has 1 amide bonds. The van der Waals surface area contributed by atoms with E-state index < -0.39 is 30.6 Å². The standard InChI is InChI=1S/C26H22ClF3NO5/c1-3-15(25(33)34)14-9-10-20(19(27)11-14)31-12-18-21(24(31)32)23(35-4-2)17-8-6-5-7-16(17)22(18)36-13-26(28,29)30/h5-11,15H,1,3-4,12-13H2,2H3,(H,33,34). The fraction of sp³-hybridized carbons (Fsp3) is 0.269. The summed E-state index contributed by atoms with van der Waals surface area (Å²) >= 11 is 6.47. The molecule has 1 aliphatic heterocycles. The molecule has 0 saturated carbocycles. The first-order valence-electron chi connectivity index (χ1n) is 11.1. The van der Waals surface area contributed by atoms with Crippen LogP contribution in [-0.2, 0) is 11.3 Å². The van der Waals surface area contributed by atoms with E-state index in [2.05, 4.69) is 6.92 Å². The number of carboxylic acids is 1. The Labute approximate surface area is 210 Å². The number of amides is 1. The highest BCUT2D eigenvalue weighted by molar-refractivity contribution is 6.34. The predicted octanol–water partition coefficient (Wildman–Crippen LogP) is 6.39. The van der Waals surface area contributed by atoms with E-state index in [1.54, 1.807) is 37.3 Å². The third kappa shape index (κ3) is 4.67. The largest absolute Gasteiger partial charge is 0.492 e. The summed E-state index contributed by atoms with van der Waals surface area (Å²) in [6, 6.07) is 11.1. The molecule has 4 rings (SSSR count). The molecule has 1 radical (unpaired) electrons. The summed E-state index contributed by atoms with van der Waals surface area (Å²) in [5.74, 6) is -2.24. The van der Waals surface area contributed by atoms with Crippen molar-refractivity contribution in [3.05, 3.63) is 71.1 Å². The van der Waals surface area contributed by atoms with Gasteiger partial charge in [-0.3, -0.25) is 9.59 Å². The number of alkyl halides is 3. The van der Waals surface area contributed by atoms with Crippen LogP contribution in [0.25, 0.3) is 10.8 Å². The van der Waals surface area contributed by atoms with E-state index in [0.717, 1.165) is 0 Å². The molecule has 0 aliphatic carbocycles. The van der Waals surface area contributed by atoms with Crippen molar-refractivity contribution in [3.8, 4) is 11.5 Å². The van der Waals surface area contributed by atoms with Crippen molar-refractivity contribution >= 4 is 39.9 Å². The third-order valence-electron chi connectivity index (χ3n) is 5.92. The average molecular weight is 521 g/mol. The zero-order valence-corrected chi connectivity index (χ0v) is 19.9. The highest BCUT2D eigenvalue weighted by atomic mass is 35.5. The Balaban J connectivity index is 1.85. The molecule has 1 aliphatic rings. The molecule has 6 nitrogen and oxygen atoms in total. The smallest absolute Gasteiger partial charge is 0.422 e. The number of halogens is 4. The first-order chi connectivity index (χ1) is 17.1. The number of rotatable bonds is 8. The number of aliphatic carboxylic acids is 1. The number of carbonyl (C=O) groups is 2. The number of benzene rings is 3. The maximum absolute atomic E-state index is 13.6.